The SMILES string of the molecule is COc1cc2c(cc1Nc1nnc(Cl)c(Nc3cccc(CO)c3)n1)CN(C)CC2. The molecule has 30 heavy (non-hydrogen) atoms. The van der Waals surface area contributed by atoms with Gasteiger partial charge in [0, 0.05) is 18.8 Å². The summed E-state index contributed by atoms with van der Waals surface area (Å²) in [6, 6.07) is 11.5. The lowest BCUT2D eigenvalue weighted by Gasteiger charge is -2.26. The summed E-state index contributed by atoms with van der Waals surface area (Å²) in [7, 11) is 3.75. The molecule has 0 saturated heterocycles. The topological polar surface area (TPSA) is 95.4 Å². The molecule has 0 unspecified atom stereocenters. The Hall–Kier alpha value is -2.94. The predicted molar refractivity (Wildman–Crippen MR) is 117 cm³/mol. The van der Waals surface area contributed by atoms with Crippen molar-refractivity contribution in [3.8, 4) is 5.75 Å². The fourth-order valence-corrected chi connectivity index (χ4v) is 3.57. The van der Waals surface area contributed by atoms with Crippen LogP contribution in [0.5, 0.6) is 5.75 Å². The second-order valence-electron chi connectivity index (χ2n) is 7.19. The number of aromatic nitrogens is 3. The van der Waals surface area contributed by atoms with Gasteiger partial charge >= 0.3 is 0 Å². The molecule has 3 N–H and O–H groups in total. The van der Waals surface area contributed by atoms with Gasteiger partial charge in [-0.25, -0.2) is 0 Å². The molecule has 0 spiro atoms. The molecule has 3 aromatic rings. The highest BCUT2D eigenvalue weighted by Gasteiger charge is 2.18. The van der Waals surface area contributed by atoms with E-state index < -0.39 is 0 Å². The zero-order chi connectivity index (χ0) is 21.1. The zero-order valence-corrected chi connectivity index (χ0v) is 17.6. The average Bonchev–Trinajstić information content (AvgIpc) is 2.75. The molecule has 2 heterocycles. The molecule has 2 aromatic carbocycles. The van der Waals surface area contributed by atoms with Crippen LogP contribution in [0.25, 0.3) is 0 Å². The number of nitrogens with zero attached hydrogens (tertiary/aromatic N) is 4. The van der Waals surface area contributed by atoms with Gasteiger partial charge < -0.3 is 25.4 Å². The predicted octanol–water partition coefficient (Wildman–Crippen LogP) is 3.50. The zero-order valence-electron chi connectivity index (χ0n) is 16.8. The first-order chi connectivity index (χ1) is 14.6. The molecular formula is C21H23ClN6O2. The van der Waals surface area contributed by atoms with E-state index in [1.807, 2.05) is 24.3 Å². The van der Waals surface area contributed by atoms with Gasteiger partial charge in [0.15, 0.2) is 11.0 Å². The summed E-state index contributed by atoms with van der Waals surface area (Å²) < 4.78 is 5.57. The number of hydrogen-bond acceptors (Lipinski definition) is 8. The summed E-state index contributed by atoms with van der Waals surface area (Å²) >= 11 is 6.19. The number of likely N-dealkylation sites (N-methyl/N-ethyl adjacent to an activating group) is 1. The van der Waals surface area contributed by atoms with E-state index in [0.717, 1.165) is 42.2 Å². The summed E-state index contributed by atoms with van der Waals surface area (Å²) in [5, 5.41) is 23.9. The van der Waals surface area contributed by atoms with E-state index in [2.05, 4.69) is 49.9 Å². The molecule has 0 fully saturated rings. The van der Waals surface area contributed by atoms with Crippen molar-refractivity contribution in [2.24, 2.45) is 0 Å². The summed E-state index contributed by atoms with van der Waals surface area (Å²) in [5.74, 6) is 1.38. The minimum Gasteiger partial charge on any atom is -0.495 e. The fourth-order valence-electron chi connectivity index (χ4n) is 3.44. The van der Waals surface area contributed by atoms with E-state index in [1.54, 1.807) is 7.11 Å². The molecule has 9 heteroatoms. The summed E-state index contributed by atoms with van der Waals surface area (Å²) in [6.07, 6.45) is 0.989. The number of anilines is 4. The van der Waals surface area contributed by atoms with Crippen molar-refractivity contribution in [3.05, 3.63) is 58.2 Å². The van der Waals surface area contributed by atoms with Crippen LogP contribution in [0, 0.1) is 0 Å². The second-order valence-corrected chi connectivity index (χ2v) is 7.55. The van der Waals surface area contributed by atoms with Crippen LogP contribution >= 0.6 is 11.6 Å². The molecule has 0 amide bonds. The van der Waals surface area contributed by atoms with Gasteiger partial charge in [0.1, 0.15) is 5.75 Å². The molecule has 0 radical (unpaired) electrons. The van der Waals surface area contributed by atoms with Crippen LogP contribution in [-0.4, -0.2) is 45.9 Å². The number of aliphatic hydroxyl groups excluding tert-OH is 1. The fraction of sp³-hybridized carbons (Fsp3) is 0.286. The molecule has 0 aliphatic carbocycles. The van der Waals surface area contributed by atoms with Gasteiger partial charge in [-0.1, -0.05) is 23.7 Å². The molecule has 0 saturated carbocycles. The van der Waals surface area contributed by atoms with E-state index in [1.165, 1.54) is 11.1 Å². The number of benzene rings is 2. The number of ether oxygens (including phenoxy) is 1. The number of nitrogens with one attached hydrogen (secondary N) is 2. The third-order valence-corrected chi connectivity index (χ3v) is 5.24. The Labute approximate surface area is 179 Å². The Morgan fingerprint density at radius 3 is 2.83 bits per heavy atom. The molecule has 1 aliphatic rings. The van der Waals surface area contributed by atoms with Crippen molar-refractivity contribution >= 4 is 34.7 Å². The van der Waals surface area contributed by atoms with Gasteiger partial charge in [0.25, 0.3) is 0 Å². The molecule has 4 rings (SSSR count). The van der Waals surface area contributed by atoms with Gasteiger partial charge in [-0.2, -0.15) is 4.98 Å². The Kier molecular flexibility index (Phi) is 5.98. The van der Waals surface area contributed by atoms with Crippen molar-refractivity contribution in [3.63, 3.8) is 0 Å². The molecule has 8 nitrogen and oxygen atoms in total. The van der Waals surface area contributed by atoms with Crippen LogP contribution in [0.1, 0.15) is 16.7 Å². The standard InChI is InChI=1S/C21H23ClN6O2/c1-28-7-6-14-10-18(30-2)17(9-15(14)11-28)24-21-25-20(19(22)26-27-21)23-16-5-3-4-13(8-16)12-29/h3-5,8-10,29H,6-7,11-12H2,1-2H3,(H2,23,24,25,27). The Balaban J connectivity index is 1.61. The Morgan fingerprint density at radius 1 is 1.17 bits per heavy atom. The summed E-state index contributed by atoms with van der Waals surface area (Å²) in [6.45, 7) is 1.85. The maximum Gasteiger partial charge on any atom is 0.249 e. The summed E-state index contributed by atoms with van der Waals surface area (Å²) in [4.78, 5) is 6.74. The van der Waals surface area contributed by atoms with E-state index >= 15 is 0 Å². The Morgan fingerprint density at radius 2 is 2.03 bits per heavy atom. The highest BCUT2D eigenvalue weighted by atomic mass is 35.5. The summed E-state index contributed by atoms with van der Waals surface area (Å²) in [5.41, 5.74) is 4.82. The van der Waals surface area contributed by atoms with E-state index in [-0.39, 0.29) is 11.8 Å². The number of halogens is 1. The quantitative estimate of drug-likeness (QED) is 0.551. The molecule has 1 aromatic heterocycles. The van der Waals surface area contributed by atoms with Gasteiger partial charge in [0.2, 0.25) is 5.95 Å². The first-order valence-electron chi connectivity index (χ1n) is 9.58. The molecule has 0 bridgehead atoms. The smallest absolute Gasteiger partial charge is 0.249 e. The van der Waals surface area contributed by atoms with Crippen molar-refractivity contribution in [2.75, 3.05) is 31.3 Å². The normalized spacial score (nSPS) is 13.6. The average molecular weight is 427 g/mol. The number of rotatable bonds is 6. The van der Waals surface area contributed by atoms with Gasteiger partial charge in [0.05, 0.1) is 19.4 Å². The number of methoxy groups -OCH3 is 1. The molecule has 1 aliphatic heterocycles. The lowest BCUT2D eigenvalue weighted by atomic mass is 9.99. The van der Waals surface area contributed by atoms with E-state index in [0.29, 0.717) is 11.8 Å². The third-order valence-electron chi connectivity index (χ3n) is 4.99. The maximum atomic E-state index is 9.32. The van der Waals surface area contributed by atoms with Crippen molar-refractivity contribution in [2.45, 2.75) is 19.6 Å². The van der Waals surface area contributed by atoms with Crippen LogP contribution in [0.15, 0.2) is 36.4 Å². The first kappa shape index (κ1) is 20.3. The van der Waals surface area contributed by atoms with Crippen LogP contribution in [0.2, 0.25) is 5.15 Å². The second kappa shape index (κ2) is 8.83. The van der Waals surface area contributed by atoms with Gasteiger partial charge in [-0.3, -0.25) is 0 Å². The largest absolute Gasteiger partial charge is 0.495 e. The highest BCUT2D eigenvalue weighted by molar-refractivity contribution is 6.31. The number of fused-ring (bicyclic) bond motifs is 1. The van der Waals surface area contributed by atoms with Crippen LogP contribution < -0.4 is 15.4 Å². The molecular weight excluding hydrogens is 404 g/mol. The maximum absolute atomic E-state index is 9.32. The molecule has 0 atom stereocenters. The first-order valence-corrected chi connectivity index (χ1v) is 9.96. The van der Waals surface area contributed by atoms with Gasteiger partial charge in [-0.15, -0.1) is 10.2 Å². The van der Waals surface area contributed by atoms with Crippen LogP contribution in [0.4, 0.5) is 23.1 Å². The highest BCUT2D eigenvalue weighted by Crippen LogP contribution is 2.33. The number of hydrogen-bond donors (Lipinski definition) is 3. The van der Waals surface area contributed by atoms with Crippen molar-refractivity contribution < 1.29 is 9.84 Å². The minimum atomic E-state index is -0.0502. The van der Waals surface area contributed by atoms with Crippen molar-refractivity contribution in [1.29, 1.82) is 0 Å². The number of aliphatic hydroxyl groups is 1. The Bertz CT molecular complexity index is 1060. The monoisotopic (exact) mass is 426 g/mol. The lowest BCUT2D eigenvalue weighted by Crippen LogP contribution is -2.26. The van der Waals surface area contributed by atoms with Gasteiger partial charge in [-0.05, 0) is 54.4 Å². The van der Waals surface area contributed by atoms with E-state index in [9.17, 15) is 5.11 Å². The van der Waals surface area contributed by atoms with Crippen LogP contribution in [0.3, 0.4) is 0 Å². The third kappa shape index (κ3) is 4.46. The van der Waals surface area contributed by atoms with Crippen molar-refractivity contribution in [1.82, 2.24) is 20.1 Å². The lowest BCUT2D eigenvalue weighted by molar-refractivity contribution is 0.282. The van der Waals surface area contributed by atoms with E-state index in [4.69, 9.17) is 16.3 Å². The molecule has 156 valence electrons. The minimum absolute atomic E-state index is 0.0502. The van der Waals surface area contributed by atoms with Crippen LogP contribution in [-0.2, 0) is 19.6 Å².